The number of para-hydroxylation sites is 1. The molecule has 1 aromatic rings. The molecule has 2 heterocycles. The van der Waals surface area contributed by atoms with E-state index in [1.807, 2.05) is 13.8 Å². The molecule has 3 aliphatic rings. The van der Waals surface area contributed by atoms with Gasteiger partial charge in [-0.2, -0.15) is 0 Å². The van der Waals surface area contributed by atoms with Gasteiger partial charge in [0.2, 0.25) is 0 Å². The number of fused-ring (bicyclic) bond motifs is 1. The maximum Gasteiger partial charge on any atom is 0.106 e. The molecular formula is C22H29N3O2. The van der Waals surface area contributed by atoms with Gasteiger partial charge in [-0.25, -0.2) is 0 Å². The van der Waals surface area contributed by atoms with Crippen molar-refractivity contribution in [3.63, 3.8) is 0 Å². The number of allylic oxidation sites excluding steroid dienone is 2. The SMILES string of the molecule is CON=C1C2=C(NC(C)(C)[C@@H](O)[C@@H]2C)C(C)=CC1c1cccc2c1NCC2. The molecule has 0 amide bonds. The zero-order valence-corrected chi connectivity index (χ0v) is 16.8. The molecule has 5 heteroatoms. The molecular weight excluding hydrogens is 338 g/mol. The normalized spacial score (nSPS) is 30.2. The highest BCUT2D eigenvalue weighted by Crippen LogP contribution is 2.44. The summed E-state index contributed by atoms with van der Waals surface area (Å²) in [6.45, 7) is 9.27. The lowest BCUT2D eigenvalue weighted by Gasteiger charge is -2.46. The van der Waals surface area contributed by atoms with Gasteiger partial charge in [-0.15, -0.1) is 0 Å². The van der Waals surface area contributed by atoms with Crippen molar-refractivity contribution in [1.82, 2.24) is 5.32 Å². The van der Waals surface area contributed by atoms with Crippen molar-refractivity contribution in [1.29, 1.82) is 0 Å². The van der Waals surface area contributed by atoms with Gasteiger partial charge >= 0.3 is 0 Å². The van der Waals surface area contributed by atoms with Crippen LogP contribution in [0.5, 0.6) is 0 Å². The summed E-state index contributed by atoms with van der Waals surface area (Å²) in [4.78, 5) is 5.27. The van der Waals surface area contributed by atoms with E-state index in [1.165, 1.54) is 22.4 Å². The predicted molar refractivity (Wildman–Crippen MR) is 109 cm³/mol. The lowest BCUT2D eigenvalue weighted by Crippen LogP contribution is -2.57. The van der Waals surface area contributed by atoms with Gasteiger partial charge in [-0.1, -0.05) is 36.4 Å². The largest absolute Gasteiger partial charge is 0.399 e. The van der Waals surface area contributed by atoms with E-state index in [0.29, 0.717) is 0 Å². The molecule has 0 spiro atoms. The number of benzene rings is 1. The van der Waals surface area contributed by atoms with Gasteiger partial charge in [-0.05, 0) is 43.9 Å². The second kappa shape index (κ2) is 6.41. The van der Waals surface area contributed by atoms with Crippen LogP contribution in [0.1, 0.15) is 44.7 Å². The predicted octanol–water partition coefficient (Wildman–Crippen LogP) is 3.33. The summed E-state index contributed by atoms with van der Waals surface area (Å²) in [5.74, 6) is -0.0390. The van der Waals surface area contributed by atoms with Crippen LogP contribution in [0, 0.1) is 5.92 Å². The molecule has 0 fully saturated rings. The fraction of sp³-hybridized carbons (Fsp3) is 0.500. The Morgan fingerprint density at radius 1 is 1.30 bits per heavy atom. The van der Waals surface area contributed by atoms with Crippen LogP contribution in [-0.4, -0.2) is 36.1 Å². The number of nitrogens with zero attached hydrogens (tertiary/aromatic N) is 1. The van der Waals surface area contributed by atoms with Crippen molar-refractivity contribution in [3.05, 3.63) is 52.2 Å². The number of aliphatic hydroxyl groups is 1. The number of hydrogen-bond donors (Lipinski definition) is 3. The molecule has 2 aliphatic heterocycles. The zero-order chi connectivity index (χ0) is 19.3. The first-order valence-corrected chi connectivity index (χ1v) is 9.71. The number of nitrogens with one attached hydrogen (secondary N) is 2. The summed E-state index contributed by atoms with van der Waals surface area (Å²) in [7, 11) is 1.59. The minimum absolute atomic E-state index is 0.00177. The average molecular weight is 367 g/mol. The van der Waals surface area contributed by atoms with Crippen LogP contribution in [0.25, 0.3) is 0 Å². The average Bonchev–Trinajstić information content (AvgIpc) is 3.11. The van der Waals surface area contributed by atoms with Crippen molar-refractivity contribution in [2.24, 2.45) is 11.1 Å². The number of oxime groups is 1. The van der Waals surface area contributed by atoms with E-state index in [9.17, 15) is 5.11 Å². The van der Waals surface area contributed by atoms with Crippen LogP contribution >= 0.6 is 0 Å². The lowest BCUT2D eigenvalue weighted by atomic mass is 9.70. The van der Waals surface area contributed by atoms with Gasteiger partial charge < -0.3 is 20.6 Å². The first kappa shape index (κ1) is 18.1. The molecule has 0 saturated heterocycles. The minimum Gasteiger partial charge on any atom is -0.399 e. The molecule has 0 bridgehead atoms. The number of hydrogen-bond acceptors (Lipinski definition) is 5. The Morgan fingerprint density at radius 3 is 2.81 bits per heavy atom. The molecule has 1 aliphatic carbocycles. The second-order valence-corrected chi connectivity index (χ2v) is 8.41. The highest BCUT2D eigenvalue weighted by molar-refractivity contribution is 6.09. The third-order valence-electron chi connectivity index (χ3n) is 6.17. The van der Waals surface area contributed by atoms with Crippen LogP contribution in [-0.2, 0) is 11.3 Å². The number of rotatable bonds is 2. The maximum atomic E-state index is 10.9. The van der Waals surface area contributed by atoms with E-state index in [0.717, 1.165) is 29.9 Å². The molecule has 3 atom stereocenters. The Hall–Kier alpha value is -2.27. The molecule has 3 N–H and O–H groups in total. The van der Waals surface area contributed by atoms with Crippen LogP contribution in [0.4, 0.5) is 5.69 Å². The standard InChI is InChI=1S/C22H29N3O2/c1-12-11-16(15-8-6-7-14-9-10-23-19(14)15)20(25-27-5)17-13(2)21(26)22(3,4)24-18(12)17/h6-8,11,13,16,21,23-24,26H,9-10H2,1-5H3/t13-,16?,21+/m1/s1. The summed E-state index contributed by atoms with van der Waals surface area (Å²) in [6.07, 6.45) is 2.80. The quantitative estimate of drug-likeness (QED) is 0.702. The van der Waals surface area contributed by atoms with Gasteiger partial charge in [0.05, 0.1) is 23.3 Å². The number of aliphatic hydroxyl groups excluding tert-OH is 1. The highest BCUT2D eigenvalue weighted by atomic mass is 16.6. The molecule has 4 rings (SSSR count). The zero-order valence-electron chi connectivity index (χ0n) is 16.8. The summed E-state index contributed by atoms with van der Waals surface area (Å²) in [5.41, 5.74) is 7.60. The Balaban J connectivity index is 1.87. The molecule has 0 radical (unpaired) electrons. The fourth-order valence-electron chi connectivity index (χ4n) is 4.79. The van der Waals surface area contributed by atoms with Gasteiger partial charge in [-0.3, -0.25) is 0 Å². The van der Waals surface area contributed by atoms with Crippen molar-refractivity contribution in [2.75, 3.05) is 19.0 Å². The smallest absolute Gasteiger partial charge is 0.106 e. The van der Waals surface area contributed by atoms with Gasteiger partial charge in [0, 0.05) is 29.4 Å². The van der Waals surface area contributed by atoms with E-state index in [2.05, 4.69) is 53.9 Å². The van der Waals surface area contributed by atoms with E-state index in [1.54, 1.807) is 7.11 Å². The summed E-state index contributed by atoms with van der Waals surface area (Å²) in [6, 6.07) is 6.48. The van der Waals surface area contributed by atoms with Crippen LogP contribution < -0.4 is 10.6 Å². The second-order valence-electron chi connectivity index (χ2n) is 8.41. The van der Waals surface area contributed by atoms with Crippen LogP contribution in [0.3, 0.4) is 0 Å². The molecule has 1 unspecified atom stereocenters. The Labute approximate surface area is 161 Å². The minimum atomic E-state index is -0.510. The Morgan fingerprint density at radius 2 is 2.07 bits per heavy atom. The van der Waals surface area contributed by atoms with Crippen LogP contribution in [0.2, 0.25) is 0 Å². The van der Waals surface area contributed by atoms with Gasteiger partial charge in [0.1, 0.15) is 7.11 Å². The van der Waals surface area contributed by atoms with Crippen LogP contribution in [0.15, 0.2) is 46.3 Å². The number of anilines is 1. The van der Waals surface area contributed by atoms with Crippen molar-refractivity contribution in [2.45, 2.75) is 51.7 Å². The van der Waals surface area contributed by atoms with Crippen molar-refractivity contribution < 1.29 is 9.94 Å². The van der Waals surface area contributed by atoms with E-state index in [-0.39, 0.29) is 11.8 Å². The topological polar surface area (TPSA) is 65.9 Å². The molecule has 144 valence electrons. The molecule has 5 nitrogen and oxygen atoms in total. The molecule has 1 aromatic carbocycles. The summed E-state index contributed by atoms with van der Waals surface area (Å²) < 4.78 is 0. The van der Waals surface area contributed by atoms with Gasteiger partial charge in [0.15, 0.2) is 0 Å². The van der Waals surface area contributed by atoms with E-state index >= 15 is 0 Å². The first-order chi connectivity index (χ1) is 12.8. The third kappa shape index (κ3) is 2.76. The van der Waals surface area contributed by atoms with E-state index < -0.39 is 11.6 Å². The molecule has 27 heavy (non-hydrogen) atoms. The lowest BCUT2D eigenvalue weighted by molar-refractivity contribution is 0.0447. The van der Waals surface area contributed by atoms with E-state index in [4.69, 9.17) is 4.84 Å². The third-order valence-corrected chi connectivity index (χ3v) is 6.17. The summed E-state index contributed by atoms with van der Waals surface area (Å²) in [5, 5.41) is 22.4. The van der Waals surface area contributed by atoms with Crippen molar-refractivity contribution in [3.8, 4) is 0 Å². The molecule has 0 aromatic heterocycles. The summed E-state index contributed by atoms with van der Waals surface area (Å²) >= 11 is 0. The van der Waals surface area contributed by atoms with Crippen molar-refractivity contribution >= 4 is 11.4 Å². The molecule has 0 saturated carbocycles. The Bertz CT molecular complexity index is 866. The maximum absolute atomic E-state index is 10.9. The highest BCUT2D eigenvalue weighted by Gasteiger charge is 2.45. The van der Waals surface area contributed by atoms with Gasteiger partial charge in [0.25, 0.3) is 0 Å². The first-order valence-electron chi connectivity index (χ1n) is 9.71. The monoisotopic (exact) mass is 367 g/mol. The Kier molecular flexibility index (Phi) is 4.30. The fourth-order valence-corrected chi connectivity index (χ4v) is 4.79.